The maximum Gasteiger partial charge on any atom is 0.226 e. The van der Waals surface area contributed by atoms with Crippen LogP contribution in [-0.2, 0) is 13.0 Å². The molecule has 5 nitrogen and oxygen atoms in total. The minimum Gasteiger partial charge on any atom is -0.376 e. The molecule has 1 fully saturated rings. The third-order valence-electron chi connectivity index (χ3n) is 4.26. The zero-order chi connectivity index (χ0) is 15.9. The van der Waals surface area contributed by atoms with E-state index in [2.05, 4.69) is 51.5 Å². The SMILES string of the molecule is CCCc1nc(CNc2ccccc2N2CCCCCC2)no1. The molecule has 1 aromatic carbocycles. The van der Waals surface area contributed by atoms with Crippen LogP contribution in [-0.4, -0.2) is 23.2 Å². The second-order valence-electron chi connectivity index (χ2n) is 6.13. The highest BCUT2D eigenvalue weighted by molar-refractivity contribution is 5.70. The van der Waals surface area contributed by atoms with Crippen LogP contribution in [0.15, 0.2) is 28.8 Å². The van der Waals surface area contributed by atoms with E-state index >= 15 is 0 Å². The molecule has 2 heterocycles. The van der Waals surface area contributed by atoms with E-state index in [1.54, 1.807) is 0 Å². The number of aryl methyl sites for hydroxylation is 1. The Morgan fingerprint density at radius 1 is 1.13 bits per heavy atom. The third-order valence-corrected chi connectivity index (χ3v) is 4.26. The van der Waals surface area contributed by atoms with E-state index in [-0.39, 0.29) is 0 Å². The van der Waals surface area contributed by atoms with Gasteiger partial charge in [-0.15, -0.1) is 0 Å². The highest BCUT2D eigenvalue weighted by Gasteiger charge is 2.13. The van der Waals surface area contributed by atoms with Gasteiger partial charge in [0.15, 0.2) is 5.82 Å². The maximum atomic E-state index is 5.25. The van der Waals surface area contributed by atoms with Crippen molar-refractivity contribution in [1.82, 2.24) is 10.1 Å². The minimum atomic E-state index is 0.595. The first-order valence-electron chi connectivity index (χ1n) is 8.76. The molecule has 1 N–H and O–H groups in total. The van der Waals surface area contributed by atoms with E-state index < -0.39 is 0 Å². The molecule has 1 aliphatic heterocycles. The highest BCUT2D eigenvalue weighted by atomic mass is 16.5. The molecule has 124 valence electrons. The maximum absolute atomic E-state index is 5.25. The van der Waals surface area contributed by atoms with Gasteiger partial charge in [0, 0.05) is 19.5 Å². The Kier molecular flexibility index (Phi) is 5.51. The molecule has 5 heteroatoms. The Bertz CT molecular complexity index is 603. The Balaban J connectivity index is 1.67. The number of benzene rings is 1. The molecule has 1 aromatic heterocycles. The van der Waals surface area contributed by atoms with E-state index in [9.17, 15) is 0 Å². The van der Waals surface area contributed by atoms with Crippen molar-refractivity contribution in [3.63, 3.8) is 0 Å². The van der Waals surface area contributed by atoms with Crippen LogP contribution < -0.4 is 10.2 Å². The van der Waals surface area contributed by atoms with Crippen molar-refractivity contribution in [3.8, 4) is 0 Å². The van der Waals surface area contributed by atoms with Crippen molar-refractivity contribution in [2.75, 3.05) is 23.3 Å². The first-order valence-corrected chi connectivity index (χ1v) is 8.76. The quantitative estimate of drug-likeness (QED) is 0.873. The molecule has 0 unspecified atom stereocenters. The summed E-state index contributed by atoms with van der Waals surface area (Å²) in [6, 6.07) is 8.52. The van der Waals surface area contributed by atoms with Gasteiger partial charge in [-0.3, -0.25) is 0 Å². The summed E-state index contributed by atoms with van der Waals surface area (Å²) < 4.78 is 5.25. The van der Waals surface area contributed by atoms with Crippen molar-refractivity contribution in [1.29, 1.82) is 0 Å². The summed E-state index contributed by atoms with van der Waals surface area (Å²) in [6.45, 7) is 4.99. The fourth-order valence-electron chi connectivity index (χ4n) is 3.06. The van der Waals surface area contributed by atoms with Crippen molar-refractivity contribution < 1.29 is 4.52 Å². The van der Waals surface area contributed by atoms with E-state index in [0.29, 0.717) is 6.54 Å². The van der Waals surface area contributed by atoms with Crippen molar-refractivity contribution in [2.45, 2.75) is 52.0 Å². The number of nitrogens with one attached hydrogen (secondary N) is 1. The van der Waals surface area contributed by atoms with Crippen LogP contribution in [0.5, 0.6) is 0 Å². The predicted octanol–water partition coefficient (Wildman–Crippen LogP) is 4.01. The summed E-state index contributed by atoms with van der Waals surface area (Å²) in [7, 11) is 0. The van der Waals surface area contributed by atoms with Crippen LogP contribution in [0.4, 0.5) is 11.4 Å². The molecular formula is C18H26N4O. The fourth-order valence-corrected chi connectivity index (χ4v) is 3.06. The highest BCUT2D eigenvalue weighted by Crippen LogP contribution is 2.28. The number of hydrogen-bond donors (Lipinski definition) is 1. The molecule has 1 saturated heterocycles. The third kappa shape index (κ3) is 4.24. The van der Waals surface area contributed by atoms with Crippen LogP contribution in [0.3, 0.4) is 0 Å². The van der Waals surface area contributed by atoms with Crippen LogP contribution in [0.2, 0.25) is 0 Å². The van der Waals surface area contributed by atoms with Gasteiger partial charge in [-0.25, -0.2) is 0 Å². The van der Waals surface area contributed by atoms with Crippen LogP contribution in [0.25, 0.3) is 0 Å². The Morgan fingerprint density at radius 3 is 2.70 bits per heavy atom. The number of rotatable bonds is 6. The molecule has 1 aliphatic rings. The van der Waals surface area contributed by atoms with E-state index in [1.807, 2.05) is 0 Å². The summed E-state index contributed by atoms with van der Waals surface area (Å²) in [5.41, 5.74) is 2.43. The minimum absolute atomic E-state index is 0.595. The number of anilines is 2. The Hall–Kier alpha value is -2.04. The molecule has 3 rings (SSSR count). The normalized spacial score (nSPS) is 15.4. The molecule has 0 saturated carbocycles. The van der Waals surface area contributed by atoms with E-state index in [4.69, 9.17) is 4.52 Å². The molecule has 0 bridgehead atoms. The van der Waals surface area contributed by atoms with Gasteiger partial charge in [-0.1, -0.05) is 37.1 Å². The topological polar surface area (TPSA) is 54.2 Å². The fraction of sp³-hybridized carbons (Fsp3) is 0.556. The lowest BCUT2D eigenvalue weighted by Gasteiger charge is -2.25. The van der Waals surface area contributed by atoms with Crippen molar-refractivity contribution in [2.24, 2.45) is 0 Å². The smallest absolute Gasteiger partial charge is 0.226 e. The molecule has 0 spiro atoms. The summed E-state index contributed by atoms with van der Waals surface area (Å²) in [6.07, 6.45) is 7.10. The van der Waals surface area contributed by atoms with Gasteiger partial charge in [-0.2, -0.15) is 4.98 Å². The molecule has 0 radical (unpaired) electrons. The summed E-state index contributed by atoms with van der Waals surface area (Å²) in [5, 5.41) is 7.52. The molecule has 0 aliphatic carbocycles. The van der Waals surface area contributed by atoms with Gasteiger partial charge in [-0.05, 0) is 31.4 Å². The largest absolute Gasteiger partial charge is 0.376 e. The molecule has 0 atom stereocenters. The second kappa shape index (κ2) is 7.99. The summed E-state index contributed by atoms with van der Waals surface area (Å²) >= 11 is 0. The summed E-state index contributed by atoms with van der Waals surface area (Å²) in [4.78, 5) is 6.91. The zero-order valence-electron chi connectivity index (χ0n) is 13.9. The van der Waals surface area contributed by atoms with Crippen LogP contribution >= 0.6 is 0 Å². The van der Waals surface area contributed by atoms with Gasteiger partial charge in [0.25, 0.3) is 0 Å². The number of hydrogen-bond acceptors (Lipinski definition) is 5. The number of nitrogens with zero attached hydrogens (tertiary/aromatic N) is 3. The monoisotopic (exact) mass is 314 g/mol. The predicted molar refractivity (Wildman–Crippen MR) is 92.7 cm³/mol. The lowest BCUT2D eigenvalue weighted by molar-refractivity contribution is 0.372. The van der Waals surface area contributed by atoms with E-state index in [0.717, 1.165) is 43.3 Å². The molecule has 23 heavy (non-hydrogen) atoms. The van der Waals surface area contributed by atoms with Crippen molar-refractivity contribution in [3.05, 3.63) is 36.0 Å². The first-order chi connectivity index (χ1) is 11.4. The van der Waals surface area contributed by atoms with Gasteiger partial charge in [0.1, 0.15) is 0 Å². The van der Waals surface area contributed by atoms with Gasteiger partial charge < -0.3 is 14.7 Å². The molecule has 2 aromatic rings. The Morgan fingerprint density at radius 2 is 1.91 bits per heavy atom. The number of aromatic nitrogens is 2. The first kappa shape index (κ1) is 15.8. The van der Waals surface area contributed by atoms with Gasteiger partial charge in [0.2, 0.25) is 5.89 Å². The van der Waals surface area contributed by atoms with Gasteiger partial charge >= 0.3 is 0 Å². The standard InChI is InChI=1S/C18H26N4O/c1-2-9-18-20-17(21-23-18)14-19-15-10-5-6-11-16(15)22-12-7-3-4-8-13-22/h5-6,10-11,19H,2-4,7-9,12-14H2,1H3. The van der Waals surface area contributed by atoms with E-state index in [1.165, 1.54) is 31.4 Å². The van der Waals surface area contributed by atoms with Crippen LogP contribution in [0, 0.1) is 0 Å². The summed E-state index contributed by atoms with van der Waals surface area (Å²) in [5.74, 6) is 1.45. The molecular weight excluding hydrogens is 288 g/mol. The number of para-hydroxylation sites is 2. The van der Waals surface area contributed by atoms with Crippen LogP contribution in [0.1, 0.15) is 50.7 Å². The average Bonchev–Trinajstić information content (AvgIpc) is 2.85. The average molecular weight is 314 g/mol. The zero-order valence-corrected chi connectivity index (χ0v) is 13.9. The molecule has 0 amide bonds. The Labute approximate surface area is 138 Å². The lowest BCUT2D eigenvalue weighted by atomic mass is 10.2. The van der Waals surface area contributed by atoms with Crippen molar-refractivity contribution >= 4 is 11.4 Å². The second-order valence-corrected chi connectivity index (χ2v) is 6.13. The van der Waals surface area contributed by atoms with Gasteiger partial charge in [0.05, 0.1) is 17.9 Å². The lowest BCUT2D eigenvalue weighted by Crippen LogP contribution is -2.24.